The summed E-state index contributed by atoms with van der Waals surface area (Å²) in [6.07, 6.45) is 3.59. The van der Waals surface area contributed by atoms with E-state index in [2.05, 4.69) is 11.4 Å². The van der Waals surface area contributed by atoms with E-state index in [1.807, 2.05) is 12.1 Å². The molecule has 94 valence electrons. The molecule has 0 aliphatic carbocycles. The lowest BCUT2D eigenvalue weighted by Gasteiger charge is -2.23. The van der Waals surface area contributed by atoms with Crippen molar-refractivity contribution in [2.75, 3.05) is 27.3 Å². The van der Waals surface area contributed by atoms with Crippen LogP contribution < -0.4 is 14.8 Å². The number of benzene rings is 1. The van der Waals surface area contributed by atoms with Crippen molar-refractivity contribution < 1.29 is 9.47 Å². The van der Waals surface area contributed by atoms with Crippen LogP contribution in [-0.2, 0) is 6.42 Å². The third-order valence-electron chi connectivity index (χ3n) is 3.45. The molecule has 1 aromatic carbocycles. The van der Waals surface area contributed by atoms with Gasteiger partial charge < -0.3 is 14.8 Å². The van der Waals surface area contributed by atoms with Crippen molar-refractivity contribution in [3.05, 3.63) is 23.8 Å². The van der Waals surface area contributed by atoms with Gasteiger partial charge in [-0.25, -0.2) is 0 Å². The van der Waals surface area contributed by atoms with Crippen LogP contribution >= 0.6 is 0 Å². The van der Waals surface area contributed by atoms with E-state index in [1.165, 1.54) is 18.4 Å². The lowest BCUT2D eigenvalue weighted by Crippen LogP contribution is -2.28. The Labute approximate surface area is 103 Å². The summed E-state index contributed by atoms with van der Waals surface area (Å²) >= 11 is 0. The van der Waals surface area contributed by atoms with Gasteiger partial charge >= 0.3 is 0 Å². The first-order chi connectivity index (χ1) is 8.33. The van der Waals surface area contributed by atoms with E-state index in [-0.39, 0.29) is 0 Å². The molecule has 1 aromatic rings. The van der Waals surface area contributed by atoms with Crippen LogP contribution in [0.4, 0.5) is 0 Å². The zero-order chi connectivity index (χ0) is 12.1. The van der Waals surface area contributed by atoms with Gasteiger partial charge in [0.25, 0.3) is 0 Å². The fraction of sp³-hybridized carbons (Fsp3) is 0.571. The number of hydrogen-bond acceptors (Lipinski definition) is 3. The predicted molar refractivity (Wildman–Crippen MR) is 68.8 cm³/mol. The highest BCUT2D eigenvalue weighted by Gasteiger charge is 2.16. The number of rotatable bonds is 4. The minimum atomic E-state index is 0.761. The number of nitrogens with one attached hydrogen (secondary N) is 1. The third kappa shape index (κ3) is 3.13. The predicted octanol–water partition coefficient (Wildman–Crippen LogP) is 2.25. The highest BCUT2D eigenvalue weighted by molar-refractivity contribution is 5.40. The second kappa shape index (κ2) is 5.92. The van der Waals surface area contributed by atoms with Crippen LogP contribution in [0.15, 0.2) is 18.2 Å². The summed E-state index contributed by atoms with van der Waals surface area (Å²) in [5, 5.41) is 3.40. The maximum Gasteiger partial charge on any atom is 0.122 e. The molecule has 3 nitrogen and oxygen atoms in total. The Bertz CT molecular complexity index is 359. The minimum absolute atomic E-state index is 0.761. The Morgan fingerprint density at radius 2 is 1.94 bits per heavy atom. The average Bonchev–Trinajstić information content (AvgIpc) is 2.40. The molecule has 2 rings (SSSR count). The van der Waals surface area contributed by atoms with Crippen LogP contribution in [0.2, 0.25) is 0 Å². The second-order valence-electron chi connectivity index (χ2n) is 4.58. The minimum Gasteiger partial charge on any atom is -0.497 e. The van der Waals surface area contributed by atoms with E-state index in [1.54, 1.807) is 14.2 Å². The molecule has 1 fully saturated rings. The van der Waals surface area contributed by atoms with E-state index < -0.39 is 0 Å². The van der Waals surface area contributed by atoms with Crippen molar-refractivity contribution in [3.8, 4) is 11.5 Å². The normalized spacial score (nSPS) is 16.8. The van der Waals surface area contributed by atoms with Gasteiger partial charge in [-0.05, 0) is 62.0 Å². The lowest BCUT2D eigenvalue weighted by atomic mass is 9.90. The molecule has 0 bridgehead atoms. The first-order valence-corrected chi connectivity index (χ1v) is 6.25. The summed E-state index contributed by atoms with van der Waals surface area (Å²) in [6, 6.07) is 6.04. The summed E-state index contributed by atoms with van der Waals surface area (Å²) in [6.45, 7) is 2.27. The van der Waals surface area contributed by atoms with Crippen molar-refractivity contribution >= 4 is 0 Å². The van der Waals surface area contributed by atoms with E-state index in [4.69, 9.17) is 9.47 Å². The van der Waals surface area contributed by atoms with Crippen LogP contribution in [0, 0.1) is 5.92 Å². The number of hydrogen-bond donors (Lipinski definition) is 1. The fourth-order valence-corrected chi connectivity index (χ4v) is 2.44. The molecule has 1 heterocycles. The lowest BCUT2D eigenvalue weighted by molar-refractivity contribution is 0.358. The highest BCUT2D eigenvalue weighted by atomic mass is 16.5. The molecule has 1 saturated heterocycles. The maximum atomic E-state index is 5.42. The Kier molecular flexibility index (Phi) is 4.26. The van der Waals surface area contributed by atoms with E-state index in [0.29, 0.717) is 0 Å². The van der Waals surface area contributed by atoms with Crippen molar-refractivity contribution in [1.29, 1.82) is 0 Å². The van der Waals surface area contributed by atoms with Crippen molar-refractivity contribution in [1.82, 2.24) is 5.32 Å². The summed E-state index contributed by atoms with van der Waals surface area (Å²) in [5.74, 6) is 2.65. The molecule has 1 aliphatic heterocycles. The van der Waals surface area contributed by atoms with Crippen molar-refractivity contribution in [2.24, 2.45) is 5.92 Å². The molecular weight excluding hydrogens is 214 g/mol. The SMILES string of the molecule is COc1ccc(OC)c(CC2CCNCC2)c1. The Balaban J connectivity index is 2.11. The second-order valence-corrected chi connectivity index (χ2v) is 4.58. The van der Waals surface area contributed by atoms with Gasteiger partial charge in [0.1, 0.15) is 11.5 Å². The van der Waals surface area contributed by atoms with E-state index in [0.717, 1.165) is 36.9 Å². The fourth-order valence-electron chi connectivity index (χ4n) is 2.44. The van der Waals surface area contributed by atoms with Gasteiger partial charge in [0.2, 0.25) is 0 Å². The molecule has 0 amide bonds. The van der Waals surface area contributed by atoms with Crippen molar-refractivity contribution in [2.45, 2.75) is 19.3 Å². The van der Waals surface area contributed by atoms with Crippen LogP contribution in [0.1, 0.15) is 18.4 Å². The number of ether oxygens (including phenoxy) is 2. The zero-order valence-corrected chi connectivity index (χ0v) is 10.7. The summed E-state index contributed by atoms with van der Waals surface area (Å²) in [7, 11) is 3.43. The third-order valence-corrected chi connectivity index (χ3v) is 3.45. The van der Waals surface area contributed by atoms with Gasteiger partial charge in [-0.1, -0.05) is 0 Å². The standard InChI is InChI=1S/C14H21NO2/c1-16-13-3-4-14(17-2)12(10-13)9-11-5-7-15-8-6-11/h3-4,10-11,15H,5-9H2,1-2H3. The average molecular weight is 235 g/mol. The molecule has 0 spiro atoms. The largest absolute Gasteiger partial charge is 0.497 e. The number of methoxy groups -OCH3 is 2. The van der Waals surface area contributed by atoms with Gasteiger partial charge in [-0.3, -0.25) is 0 Å². The number of piperidine rings is 1. The Morgan fingerprint density at radius 1 is 1.18 bits per heavy atom. The molecular formula is C14H21NO2. The van der Waals surface area contributed by atoms with Crippen LogP contribution in [0.5, 0.6) is 11.5 Å². The monoisotopic (exact) mass is 235 g/mol. The molecule has 0 saturated carbocycles. The molecule has 1 aliphatic rings. The summed E-state index contributed by atoms with van der Waals surface area (Å²) in [4.78, 5) is 0. The van der Waals surface area contributed by atoms with Gasteiger partial charge in [0.05, 0.1) is 14.2 Å². The quantitative estimate of drug-likeness (QED) is 0.868. The Morgan fingerprint density at radius 3 is 2.59 bits per heavy atom. The van der Waals surface area contributed by atoms with Gasteiger partial charge in [-0.2, -0.15) is 0 Å². The van der Waals surface area contributed by atoms with Crippen LogP contribution in [0.3, 0.4) is 0 Å². The smallest absolute Gasteiger partial charge is 0.122 e. The Hall–Kier alpha value is -1.22. The molecule has 0 radical (unpaired) electrons. The highest BCUT2D eigenvalue weighted by Crippen LogP contribution is 2.28. The van der Waals surface area contributed by atoms with Gasteiger partial charge in [0, 0.05) is 0 Å². The molecule has 1 N–H and O–H groups in total. The topological polar surface area (TPSA) is 30.5 Å². The molecule has 0 unspecified atom stereocenters. The van der Waals surface area contributed by atoms with Crippen LogP contribution in [0.25, 0.3) is 0 Å². The van der Waals surface area contributed by atoms with Crippen LogP contribution in [-0.4, -0.2) is 27.3 Å². The molecule has 17 heavy (non-hydrogen) atoms. The van der Waals surface area contributed by atoms with E-state index >= 15 is 0 Å². The summed E-state index contributed by atoms with van der Waals surface area (Å²) < 4.78 is 10.7. The van der Waals surface area contributed by atoms with Gasteiger partial charge in [0.15, 0.2) is 0 Å². The molecule has 0 aromatic heterocycles. The first-order valence-electron chi connectivity index (χ1n) is 6.25. The van der Waals surface area contributed by atoms with E-state index in [9.17, 15) is 0 Å². The zero-order valence-electron chi connectivity index (χ0n) is 10.7. The summed E-state index contributed by atoms with van der Waals surface area (Å²) in [5.41, 5.74) is 1.26. The van der Waals surface area contributed by atoms with Gasteiger partial charge in [-0.15, -0.1) is 0 Å². The first kappa shape index (κ1) is 12.2. The molecule has 0 atom stereocenters. The maximum absolute atomic E-state index is 5.42. The molecule has 3 heteroatoms. The van der Waals surface area contributed by atoms with Crippen molar-refractivity contribution in [3.63, 3.8) is 0 Å².